The lowest BCUT2D eigenvalue weighted by Crippen LogP contribution is -2.27. The first-order valence-electron chi connectivity index (χ1n) is 10.8. The molecule has 0 N–H and O–H groups in total. The van der Waals surface area contributed by atoms with Gasteiger partial charge in [0.1, 0.15) is 0 Å². The number of hydrogen-bond acceptors (Lipinski definition) is 3. The van der Waals surface area contributed by atoms with Gasteiger partial charge in [0.15, 0.2) is 29.5 Å². The molecule has 1 fully saturated rings. The van der Waals surface area contributed by atoms with E-state index in [1.165, 1.54) is 55.6 Å². The van der Waals surface area contributed by atoms with Crippen molar-refractivity contribution < 1.29 is 31.8 Å². The van der Waals surface area contributed by atoms with Crippen LogP contribution in [0.5, 0.6) is 5.75 Å². The van der Waals surface area contributed by atoms with Crippen LogP contribution < -0.4 is 4.74 Å². The second kappa shape index (κ2) is 9.93. The number of methoxy groups -OCH3 is 1. The predicted octanol–water partition coefficient (Wildman–Crippen LogP) is 7.05. The van der Waals surface area contributed by atoms with Crippen LogP contribution in [0.4, 0.5) is 17.6 Å². The highest BCUT2D eigenvalue weighted by atomic mass is 19.2. The summed E-state index contributed by atoms with van der Waals surface area (Å²) in [5, 5.41) is 0. The summed E-state index contributed by atoms with van der Waals surface area (Å²) in [6.07, 6.45) is 1.00. The van der Waals surface area contributed by atoms with Crippen molar-refractivity contribution >= 4 is 0 Å². The normalized spacial score (nSPS) is 18.4. The zero-order valence-corrected chi connectivity index (χ0v) is 18.3. The molecule has 1 saturated heterocycles. The topological polar surface area (TPSA) is 27.7 Å². The van der Waals surface area contributed by atoms with Crippen molar-refractivity contribution in [3.8, 4) is 28.0 Å². The van der Waals surface area contributed by atoms with Gasteiger partial charge >= 0.3 is 0 Å². The monoisotopic (exact) mass is 460 g/mol. The molecule has 0 saturated carbocycles. The van der Waals surface area contributed by atoms with Crippen LogP contribution in [-0.2, 0) is 9.47 Å². The smallest absolute Gasteiger partial charge is 0.201 e. The number of halogens is 4. The van der Waals surface area contributed by atoms with E-state index in [0.717, 1.165) is 12.8 Å². The molecule has 1 aliphatic heterocycles. The van der Waals surface area contributed by atoms with E-state index in [0.29, 0.717) is 24.3 Å². The minimum absolute atomic E-state index is 0.0126. The largest absolute Gasteiger partial charge is 0.494 e. The fourth-order valence-electron chi connectivity index (χ4n) is 4.01. The highest BCUT2D eigenvalue weighted by molar-refractivity contribution is 5.71. The van der Waals surface area contributed by atoms with E-state index in [2.05, 4.69) is 6.92 Å². The third-order valence-corrected chi connectivity index (χ3v) is 5.80. The van der Waals surface area contributed by atoms with E-state index in [1.807, 2.05) is 0 Å². The van der Waals surface area contributed by atoms with Gasteiger partial charge < -0.3 is 14.2 Å². The van der Waals surface area contributed by atoms with Crippen molar-refractivity contribution in [1.29, 1.82) is 0 Å². The van der Waals surface area contributed by atoms with Crippen molar-refractivity contribution in [2.45, 2.75) is 26.1 Å². The Morgan fingerprint density at radius 2 is 1.30 bits per heavy atom. The number of hydrogen-bond donors (Lipinski definition) is 0. The lowest BCUT2D eigenvalue weighted by atomic mass is 9.98. The van der Waals surface area contributed by atoms with Gasteiger partial charge in [-0.1, -0.05) is 49.7 Å². The second-order valence-corrected chi connectivity index (χ2v) is 8.00. The van der Waals surface area contributed by atoms with Gasteiger partial charge in [-0.3, -0.25) is 0 Å². The second-order valence-electron chi connectivity index (χ2n) is 8.00. The van der Waals surface area contributed by atoms with E-state index in [9.17, 15) is 17.6 Å². The molecule has 0 spiro atoms. The fourth-order valence-corrected chi connectivity index (χ4v) is 4.01. The Morgan fingerprint density at radius 1 is 0.758 bits per heavy atom. The summed E-state index contributed by atoms with van der Waals surface area (Å²) in [6, 6.07) is 11.7. The van der Waals surface area contributed by atoms with E-state index >= 15 is 0 Å². The quantitative estimate of drug-likeness (QED) is 0.369. The minimum atomic E-state index is -1.09. The molecule has 0 aliphatic carbocycles. The van der Waals surface area contributed by atoms with Gasteiger partial charge in [-0.05, 0) is 29.7 Å². The Morgan fingerprint density at radius 3 is 1.85 bits per heavy atom. The predicted molar refractivity (Wildman–Crippen MR) is 117 cm³/mol. The molecular formula is C26H24F4O3. The highest BCUT2D eigenvalue weighted by Gasteiger charge is 2.27. The number of rotatable bonds is 6. The molecule has 0 bridgehead atoms. The lowest BCUT2D eigenvalue weighted by Gasteiger charge is -2.29. The van der Waals surface area contributed by atoms with Gasteiger partial charge in [0.2, 0.25) is 5.82 Å². The maximum atomic E-state index is 14.9. The molecule has 0 aromatic heterocycles. The molecule has 0 unspecified atom stereocenters. The van der Waals surface area contributed by atoms with E-state index in [1.54, 1.807) is 0 Å². The summed E-state index contributed by atoms with van der Waals surface area (Å²) in [6.45, 7) is 2.94. The molecule has 7 heteroatoms. The molecule has 33 heavy (non-hydrogen) atoms. The average Bonchev–Trinajstić information content (AvgIpc) is 2.84. The molecule has 0 radical (unpaired) electrons. The maximum Gasteiger partial charge on any atom is 0.201 e. The van der Waals surface area contributed by atoms with Crippen LogP contribution in [0.2, 0.25) is 0 Å². The molecule has 3 aromatic rings. The molecule has 0 atom stereocenters. The summed E-state index contributed by atoms with van der Waals surface area (Å²) in [5.41, 5.74) is 0.878. The Bertz CT molecular complexity index is 1120. The Labute approximate surface area is 189 Å². The van der Waals surface area contributed by atoms with Gasteiger partial charge in [-0.25, -0.2) is 13.2 Å². The van der Waals surface area contributed by atoms with E-state index in [-0.39, 0.29) is 28.4 Å². The molecule has 0 amide bonds. The third-order valence-electron chi connectivity index (χ3n) is 5.80. The van der Waals surface area contributed by atoms with Crippen molar-refractivity contribution in [3.05, 3.63) is 77.4 Å². The highest BCUT2D eigenvalue weighted by Crippen LogP contribution is 2.35. The molecule has 174 valence electrons. The van der Waals surface area contributed by atoms with Crippen LogP contribution in [0.25, 0.3) is 22.3 Å². The molecule has 1 heterocycles. The van der Waals surface area contributed by atoms with Crippen molar-refractivity contribution in [2.24, 2.45) is 5.92 Å². The summed E-state index contributed by atoms with van der Waals surface area (Å²) in [5.74, 6) is -4.13. The minimum Gasteiger partial charge on any atom is -0.494 e. The Kier molecular flexibility index (Phi) is 7.00. The van der Waals surface area contributed by atoms with Crippen LogP contribution in [0, 0.1) is 29.2 Å². The first-order chi connectivity index (χ1) is 15.9. The van der Waals surface area contributed by atoms with Gasteiger partial charge in [0.25, 0.3) is 0 Å². The third kappa shape index (κ3) is 4.61. The molecule has 3 nitrogen and oxygen atoms in total. The van der Waals surface area contributed by atoms with Crippen molar-refractivity contribution in [2.75, 3.05) is 20.3 Å². The van der Waals surface area contributed by atoms with Crippen LogP contribution in [0.15, 0.2) is 48.5 Å². The SMILES string of the molecule is CCCC1COC(c2ccc(-c3ccc(-c4ccc(OC)c(F)c4F)cc3)c(F)c2F)OC1. The number of ether oxygens (including phenoxy) is 3. The first kappa shape index (κ1) is 23.3. The van der Waals surface area contributed by atoms with Gasteiger partial charge in [0, 0.05) is 22.6 Å². The standard InChI is InChI=1S/C26H24F4O3/c1-3-4-15-13-32-26(33-14-15)20-10-9-18(22(27)24(20)29)16-5-7-17(8-6-16)19-11-12-21(31-2)25(30)23(19)28/h5-12,15,26H,3-4,13-14H2,1-2H3. The zero-order valence-electron chi connectivity index (χ0n) is 18.3. The maximum absolute atomic E-state index is 14.9. The van der Waals surface area contributed by atoms with Crippen molar-refractivity contribution in [1.82, 2.24) is 0 Å². The first-order valence-corrected chi connectivity index (χ1v) is 10.8. The van der Waals surface area contributed by atoms with E-state index < -0.39 is 29.6 Å². The van der Waals surface area contributed by atoms with Crippen LogP contribution in [-0.4, -0.2) is 20.3 Å². The Balaban J connectivity index is 1.57. The van der Waals surface area contributed by atoms with E-state index in [4.69, 9.17) is 14.2 Å². The molecule has 3 aromatic carbocycles. The van der Waals surface area contributed by atoms with Crippen LogP contribution in [0.3, 0.4) is 0 Å². The molecule has 1 aliphatic rings. The summed E-state index contributed by atoms with van der Waals surface area (Å²) in [7, 11) is 1.25. The summed E-state index contributed by atoms with van der Waals surface area (Å²) < 4.78 is 74.2. The van der Waals surface area contributed by atoms with Gasteiger partial charge in [-0.2, -0.15) is 4.39 Å². The average molecular weight is 460 g/mol. The number of benzene rings is 3. The summed E-state index contributed by atoms with van der Waals surface area (Å²) >= 11 is 0. The Hall–Kier alpha value is -2.90. The molecular weight excluding hydrogens is 436 g/mol. The van der Waals surface area contributed by atoms with Crippen LogP contribution >= 0.6 is 0 Å². The van der Waals surface area contributed by atoms with Gasteiger partial charge in [0.05, 0.1) is 20.3 Å². The van der Waals surface area contributed by atoms with Gasteiger partial charge in [-0.15, -0.1) is 0 Å². The van der Waals surface area contributed by atoms with Crippen molar-refractivity contribution in [3.63, 3.8) is 0 Å². The summed E-state index contributed by atoms with van der Waals surface area (Å²) in [4.78, 5) is 0. The lowest BCUT2D eigenvalue weighted by molar-refractivity contribution is -0.207. The molecule has 4 rings (SSSR count). The fraction of sp³-hybridized carbons (Fsp3) is 0.308. The van der Waals surface area contributed by atoms with Crippen LogP contribution in [0.1, 0.15) is 31.6 Å². The zero-order chi connectivity index (χ0) is 23.5.